The highest BCUT2D eigenvalue weighted by atomic mass is 16.3. The molecule has 0 saturated heterocycles. The number of aromatic nitrogens is 5. The van der Waals surface area contributed by atoms with Crippen molar-refractivity contribution in [1.82, 2.24) is 24.5 Å². The fourth-order valence-electron chi connectivity index (χ4n) is 4.11. The van der Waals surface area contributed by atoms with Crippen LogP contribution in [0.15, 0.2) is 78.2 Å². The van der Waals surface area contributed by atoms with Crippen LogP contribution in [0.2, 0.25) is 0 Å². The Morgan fingerprint density at radius 2 is 2.03 bits per heavy atom. The predicted octanol–water partition coefficient (Wildman–Crippen LogP) is 3.95. The molecular formula is C25H24N6O2. The Bertz CT molecular complexity index is 1440. The van der Waals surface area contributed by atoms with Crippen LogP contribution in [0.4, 0.5) is 5.69 Å². The van der Waals surface area contributed by atoms with Gasteiger partial charge in [-0.2, -0.15) is 0 Å². The van der Waals surface area contributed by atoms with Gasteiger partial charge in [0, 0.05) is 30.9 Å². The van der Waals surface area contributed by atoms with Gasteiger partial charge in [-0.05, 0) is 42.7 Å². The largest absolute Gasteiger partial charge is 0.396 e. The monoisotopic (exact) mass is 440 g/mol. The van der Waals surface area contributed by atoms with Crippen LogP contribution >= 0.6 is 0 Å². The van der Waals surface area contributed by atoms with Gasteiger partial charge < -0.3 is 25.0 Å². The number of pyridine rings is 1. The van der Waals surface area contributed by atoms with Gasteiger partial charge in [0.05, 0.1) is 29.1 Å². The van der Waals surface area contributed by atoms with Crippen molar-refractivity contribution in [2.24, 2.45) is 0 Å². The highest BCUT2D eigenvalue weighted by Crippen LogP contribution is 2.30. The Balaban J connectivity index is 1.58. The Hall–Kier alpha value is -4.17. The molecular weight excluding hydrogens is 416 g/mol. The zero-order valence-corrected chi connectivity index (χ0v) is 18.1. The van der Waals surface area contributed by atoms with E-state index in [4.69, 9.17) is 4.98 Å². The van der Waals surface area contributed by atoms with Crippen molar-refractivity contribution in [2.45, 2.75) is 19.4 Å². The summed E-state index contributed by atoms with van der Waals surface area (Å²) in [5.41, 5.74) is 5.44. The topological polar surface area (TPSA) is 112 Å². The number of aliphatic hydroxyl groups is 1. The number of aryl methyl sites for hydroxylation is 1. The third-order valence-electron chi connectivity index (χ3n) is 5.71. The van der Waals surface area contributed by atoms with E-state index >= 15 is 0 Å². The fourth-order valence-corrected chi connectivity index (χ4v) is 4.11. The molecule has 4 N–H and O–H groups in total. The molecule has 0 saturated carbocycles. The summed E-state index contributed by atoms with van der Waals surface area (Å²) in [5.74, 6) is 0.482. The molecule has 0 aliphatic heterocycles. The van der Waals surface area contributed by atoms with Crippen LogP contribution in [-0.2, 0) is 0 Å². The number of fused-ring (bicyclic) bond motifs is 1. The number of nitrogens with one attached hydrogen (secondary N) is 3. The molecule has 33 heavy (non-hydrogen) atoms. The maximum Gasteiger partial charge on any atom is 0.261 e. The Kier molecular flexibility index (Phi) is 5.50. The van der Waals surface area contributed by atoms with Crippen molar-refractivity contribution in [3.05, 3.63) is 94.9 Å². The normalized spacial score (nSPS) is 12.2. The van der Waals surface area contributed by atoms with E-state index in [2.05, 4.69) is 20.3 Å². The maximum absolute atomic E-state index is 12.9. The number of nitrogens with zero attached hydrogens (tertiary/aromatic N) is 3. The van der Waals surface area contributed by atoms with Gasteiger partial charge >= 0.3 is 0 Å². The number of aliphatic hydroxyl groups excluding tert-OH is 1. The quantitative estimate of drug-likeness (QED) is 0.306. The molecule has 0 aliphatic rings. The molecule has 0 spiro atoms. The van der Waals surface area contributed by atoms with E-state index in [9.17, 15) is 9.90 Å². The number of rotatable bonds is 7. The van der Waals surface area contributed by atoms with Gasteiger partial charge in [0.25, 0.3) is 5.56 Å². The second-order valence-electron chi connectivity index (χ2n) is 7.93. The summed E-state index contributed by atoms with van der Waals surface area (Å²) in [6.45, 7) is 2.01. The van der Waals surface area contributed by atoms with Crippen molar-refractivity contribution in [3.63, 3.8) is 0 Å². The molecule has 0 radical (unpaired) electrons. The van der Waals surface area contributed by atoms with Crippen LogP contribution in [0.3, 0.4) is 0 Å². The first-order valence-electron chi connectivity index (χ1n) is 10.8. The van der Waals surface area contributed by atoms with Gasteiger partial charge in [-0.25, -0.2) is 9.97 Å². The lowest BCUT2D eigenvalue weighted by Gasteiger charge is -2.21. The van der Waals surface area contributed by atoms with E-state index in [-0.39, 0.29) is 18.2 Å². The number of benzene rings is 2. The molecule has 8 nitrogen and oxygen atoms in total. The second kappa shape index (κ2) is 8.76. The van der Waals surface area contributed by atoms with Crippen molar-refractivity contribution >= 4 is 16.7 Å². The molecule has 0 fully saturated rings. The summed E-state index contributed by atoms with van der Waals surface area (Å²) >= 11 is 0. The number of hydrogen-bond donors (Lipinski definition) is 4. The van der Waals surface area contributed by atoms with Crippen LogP contribution < -0.4 is 10.9 Å². The van der Waals surface area contributed by atoms with Crippen molar-refractivity contribution in [1.29, 1.82) is 0 Å². The minimum absolute atomic E-state index is 0.0198. The molecule has 1 atom stereocenters. The highest BCUT2D eigenvalue weighted by molar-refractivity contribution is 5.86. The van der Waals surface area contributed by atoms with Gasteiger partial charge in [0.1, 0.15) is 11.4 Å². The van der Waals surface area contributed by atoms with E-state index in [0.717, 1.165) is 27.8 Å². The average Bonchev–Trinajstić information content (AvgIpc) is 3.50. The Labute approximate surface area is 190 Å². The number of hydrogen-bond acceptors (Lipinski definition) is 5. The first-order valence-corrected chi connectivity index (χ1v) is 10.8. The first-order chi connectivity index (χ1) is 16.1. The van der Waals surface area contributed by atoms with Crippen LogP contribution in [0.1, 0.15) is 23.6 Å². The molecule has 2 aromatic carbocycles. The molecule has 0 aliphatic carbocycles. The summed E-state index contributed by atoms with van der Waals surface area (Å²) in [4.78, 5) is 27.9. The summed E-state index contributed by atoms with van der Waals surface area (Å²) < 4.78 is 1.93. The number of aromatic amines is 2. The minimum atomic E-state index is -0.248. The average molecular weight is 441 g/mol. The predicted molar refractivity (Wildman–Crippen MR) is 129 cm³/mol. The van der Waals surface area contributed by atoms with Gasteiger partial charge in [-0.3, -0.25) is 4.79 Å². The standard InChI is InChI=1S/C25H24N6O2/c1-16-13-18(31-11-10-26-15-31)14-21-23(16)30-24(29-21)22-20(7-9-27-25(22)33)28-19(8-12-32)17-5-3-2-4-6-17/h2-7,9-11,13-15,19,32H,8,12H2,1H3,(H,29,30)(H2,27,28,33). The maximum atomic E-state index is 12.9. The molecule has 8 heteroatoms. The first kappa shape index (κ1) is 20.7. The Morgan fingerprint density at radius 1 is 1.18 bits per heavy atom. The van der Waals surface area contributed by atoms with Gasteiger partial charge in [-0.15, -0.1) is 0 Å². The number of H-pyrrole nitrogens is 2. The lowest BCUT2D eigenvalue weighted by molar-refractivity contribution is 0.280. The molecule has 0 amide bonds. The number of anilines is 1. The van der Waals surface area contributed by atoms with Crippen molar-refractivity contribution in [2.75, 3.05) is 11.9 Å². The highest BCUT2D eigenvalue weighted by Gasteiger charge is 2.19. The molecule has 3 aromatic heterocycles. The summed E-state index contributed by atoms with van der Waals surface area (Å²) in [5, 5.41) is 13.1. The zero-order valence-electron chi connectivity index (χ0n) is 18.1. The third-order valence-corrected chi connectivity index (χ3v) is 5.71. The second-order valence-corrected chi connectivity index (χ2v) is 7.93. The van der Waals surface area contributed by atoms with Gasteiger partial charge in [0.2, 0.25) is 0 Å². The van der Waals surface area contributed by atoms with Crippen LogP contribution in [0.25, 0.3) is 28.1 Å². The van der Waals surface area contributed by atoms with E-state index < -0.39 is 0 Å². The zero-order chi connectivity index (χ0) is 22.8. The van der Waals surface area contributed by atoms with Crippen molar-refractivity contribution in [3.8, 4) is 17.1 Å². The van der Waals surface area contributed by atoms with Crippen molar-refractivity contribution < 1.29 is 5.11 Å². The minimum Gasteiger partial charge on any atom is -0.396 e. The van der Waals surface area contributed by atoms with E-state index in [0.29, 0.717) is 23.5 Å². The lowest BCUT2D eigenvalue weighted by Crippen LogP contribution is -2.17. The molecule has 5 aromatic rings. The third kappa shape index (κ3) is 4.04. The molecule has 166 valence electrons. The SMILES string of the molecule is Cc1cc(-n2ccnc2)cc2[nH]c(-c3c(NC(CCO)c4ccccc4)cc[nH]c3=O)nc12. The fraction of sp³-hybridized carbons (Fsp3) is 0.160. The molecule has 3 heterocycles. The summed E-state index contributed by atoms with van der Waals surface area (Å²) in [7, 11) is 0. The Morgan fingerprint density at radius 3 is 2.79 bits per heavy atom. The summed E-state index contributed by atoms with van der Waals surface area (Å²) in [6, 6.07) is 15.6. The van der Waals surface area contributed by atoms with Gasteiger partial charge in [-0.1, -0.05) is 30.3 Å². The molecule has 5 rings (SSSR count). The molecule has 1 unspecified atom stereocenters. The van der Waals surface area contributed by atoms with E-state index in [1.165, 1.54) is 0 Å². The number of imidazole rings is 2. The summed E-state index contributed by atoms with van der Waals surface area (Å²) in [6.07, 6.45) is 7.47. The van der Waals surface area contributed by atoms with Crippen LogP contribution in [0, 0.1) is 6.92 Å². The lowest BCUT2D eigenvalue weighted by atomic mass is 10.0. The van der Waals surface area contributed by atoms with Crippen LogP contribution in [-0.4, -0.2) is 36.2 Å². The smallest absolute Gasteiger partial charge is 0.261 e. The van der Waals surface area contributed by atoms with E-state index in [1.54, 1.807) is 18.7 Å². The van der Waals surface area contributed by atoms with Crippen LogP contribution in [0.5, 0.6) is 0 Å². The van der Waals surface area contributed by atoms with Gasteiger partial charge in [0.15, 0.2) is 0 Å². The van der Waals surface area contributed by atoms with E-state index in [1.807, 2.05) is 66.2 Å². The molecule has 0 bridgehead atoms.